The van der Waals surface area contributed by atoms with Crippen molar-refractivity contribution >= 4 is 17.4 Å². The topological polar surface area (TPSA) is 57.5 Å². The Hall–Kier alpha value is -0.820. The molecule has 2 N–H and O–H groups in total. The molecule has 3 fully saturated rings. The Bertz CT molecular complexity index is 704. The van der Waals surface area contributed by atoms with E-state index in [1.807, 2.05) is 6.08 Å². The van der Waals surface area contributed by atoms with Gasteiger partial charge in [0, 0.05) is 23.6 Å². The summed E-state index contributed by atoms with van der Waals surface area (Å²) < 4.78 is 0. The van der Waals surface area contributed by atoms with Crippen LogP contribution in [0.15, 0.2) is 11.6 Å². The van der Waals surface area contributed by atoms with Crippen LogP contribution in [0.4, 0.5) is 0 Å². The SMILES string of the molecule is C[C@]12CCC(=O)CC1=C[C@H](O)[C@@H]1[C@@H]2CC[C@@]2(C)[C@H]1CC[C@@]2(O)C#CCl. The molecule has 0 aliphatic heterocycles. The monoisotopic (exact) mass is 362 g/mol. The Morgan fingerprint density at radius 3 is 2.64 bits per heavy atom. The van der Waals surface area contributed by atoms with Crippen LogP contribution in [0.25, 0.3) is 0 Å². The molecule has 0 unspecified atom stereocenters. The number of rotatable bonds is 0. The van der Waals surface area contributed by atoms with Gasteiger partial charge in [-0.05, 0) is 66.9 Å². The van der Waals surface area contributed by atoms with Crippen molar-refractivity contribution in [2.45, 2.75) is 70.5 Å². The molecule has 0 heterocycles. The minimum atomic E-state index is -1.06. The van der Waals surface area contributed by atoms with Crippen molar-refractivity contribution in [3.8, 4) is 11.3 Å². The summed E-state index contributed by atoms with van der Waals surface area (Å²) in [4.78, 5) is 11.9. The maximum absolute atomic E-state index is 11.9. The second-order valence-corrected chi connectivity index (χ2v) is 9.37. The first-order valence-corrected chi connectivity index (χ1v) is 9.89. The molecule has 4 aliphatic rings. The van der Waals surface area contributed by atoms with Crippen LogP contribution in [0, 0.1) is 39.9 Å². The molecular formula is C21H27ClO3. The van der Waals surface area contributed by atoms with Gasteiger partial charge in [0.25, 0.3) is 0 Å². The summed E-state index contributed by atoms with van der Waals surface area (Å²) in [6, 6.07) is 0. The van der Waals surface area contributed by atoms with Gasteiger partial charge >= 0.3 is 0 Å². The number of hydrogen-bond donors (Lipinski definition) is 2. The minimum Gasteiger partial charge on any atom is -0.389 e. The smallest absolute Gasteiger partial charge is 0.136 e. The molecule has 0 radical (unpaired) electrons. The lowest BCUT2D eigenvalue weighted by atomic mass is 9.46. The summed E-state index contributed by atoms with van der Waals surface area (Å²) in [7, 11) is 0. The van der Waals surface area contributed by atoms with Crippen molar-refractivity contribution in [3.63, 3.8) is 0 Å². The number of aliphatic hydroxyl groups excluding tert-OH is 1. The normalized spacial score (nSPS) is 51.6. The third-order valence-electron chi connectivity index (χ3n) is 8.37. The molecule has 4 aliphatic carbocycles. The molecule has 4 rings (SSSR count). The van der Waals surface area contributed by atoms with E-state index in [-0.39, 0.29) is 22.7 Å². The Balaban J connectivity index is 1.75. The van der Waals surface area contributed by atoms with Gasteiger partial charge in [0.05, 0.1) is 6.10 Å². The van der Waals surface area contributed by atoms with Crippen LogP contribution in [0.3, 0.4) is 0 Å². The van der Waals surface area contributed by atoms with Crippen LogP contribution in [0.2, 0.25) is 0 Å². The predicted octanol–water partition coefficient (Wildman–Crippen LogP) is 3.42. The fraction of sp³-hybridized carbons (Fsp3) is 0.762. The molecule has 0 aromatic rings. The van der Waals surface area contributed by atoms with Crippen LogP contribution in [0.1, 0.15) is 58.8 Å². The highest BCUT2D eigenvalue weighted by atomic mass is 35.5. The maximum Gasteiger partial charge on any atom is 0.136 e. The predicted molar refractivity (Wildman–Crippen MR) is 96.7 cm³/mol. The van der Waals surface area contributed by atoms with Crippen LogP contribution >= 0.6 is 11.6 Å². The Morgan fingerprint density at radius 2 is 1.92 bits per heavy atom. The van der Waals surface area contributed by atoms with E-state index < -0.39 is 11.7 Å². The highest BCUT2D eigenvalue weighted by Crippen LogP contribution is 2.66. The Labute approximate surface area is 154 Å². The summed E-state index contributed by atoms with van der Waals surface area (Å²) >= 11 is 5.65. The Morgan fingerprint density at radius 1 is 1.20 bits per heavy atom. The molecule has 3 nitrogen and oxygen atoms in total. The van der Waals surface area contributed by atoms with Gasteiger partial charge in [-0.25, -0.2) is 0 Å². The number of hydrogen-bond acceptors (Lipinski definition) is 3. The summed E-state index contributed by atoms with van der Waals surface area (Å²) in [6.45, 7) is 4.41. The van der Waals surface area contributed by atoms with Gasteiger partial charge in [-0.1, -0.05) is 31.4 Å². The van der Waals surface area contributed by atoms with Crippen LogP contribution in [-0.4, -0.2) is 27.7 Å². The summed E-state index contributed by atoms with van der Waals surface area (Å²) in [5.74, 6) is 3.90. The summed E-state index contributed by atoms with van der Waals surface area (Å²) in [6.07, 6.45) is 6.82. The largest absolute Gasteiger partial charge is 0.389 e. The van der Waals surface area contributed by atoms with Gasteiger partial charge < -0.3 is 10.2 Å². The van der Waals surface area contributed by atoms with Gasteiger partial charge in [0.2, 0.25) is 0 Å². The van der Waals surface area contributed by atoms with E-state index in [1.54, 1.807) is 0 Å². The van der Waals surface area contributed by atoms with Crippen molar-refractivity contribution in [3.05, 3.63) is 11.6 Å². The van der Waals surface area contributed by atoms with E-state index in [1.165, 1.54) is 0 Å². The second-order valence-electron chi connectivity index (χ2n) is 9.18. The van der Waals surface area contributed by atoms with Crippen molar-refractivity contribution in [2.24, 2.45) is 28.6 Å². The number of aliphatic hydroxyl groups is 2. The zero-order valence-electron chi connectivity index (χ0n) is 15.0. The molecule has 3 saturated carbocycles. The number of ketones is 1. The standard InChI is InChI=1S/C21H27ClO3/c1-19-6-3-14(23)11-13(19)12-17(24)18-15(19)4-7-20(2)16(18)5-8-21(20,25)9-10-22/h12,15-18,24-25H,3-8,11H2,1-2H3/t15-,16-,17-,18+,19-,20-,21+/m0/s1. The quantitative estimate of drug-likeness (QED) is 0.512. The van der Waals surface area contributed by atoms with Crippen LogP contribution < -0.4 is 0 Å². The summed E-state index contributed by atoms with van der Waals surface area (Å²) in [5, 5.41) is 24.5. The van der Waals surface area contributed by atoms with Gasteiger partial charge in [0.15, 0.2) is 0 Å². The fourth-order valence-electron chi connectivity index (χ4n) is 6.77. The van der Waals surface area contributed by atoms with Gasteiger partial charge in [-0.15, -0.1) is 0 Å². The molecule has 7 atom stereocenters. The summed E-state index contributed by atoms with van der Waals surface area (Å²) in [5.41, 5.74) is -0.228. The minimum absolute atomic E-state index is 0.0119. The molecule has 0 bridgehead atoms. The third-order valence-corrected chi connectivity index (χ3v) is 8.46. The zero-order chi connectivity index (χ0) is 18.0. The van der Waals surface area contributed by atoms with Gasteiger partial charge in [-0.2, -0.15) is 0 Å². The molecule has 136 valence electrons. The number of halogens is 1. The molecule has 0 amide bonds. The van der Waals surface area contributed by atoms with Crippen molar-refractivity contribution in [1.29, 1.82) is 0 Å². The van der Waals surface area contributed by atoms with E-state index in [0.29, 0.717) is 31.0 Å². The molecule has 0 aromatic carbocycles. The zero-order valence-corrected chi connectivity index (χ0v) is 15.8. The van der Waals surface area contributed by atoms with E-state index in [9.17, 15) is 15.0 Å². The number of carbonyl (C=O) groups excluding carboxylic acids is 1. The van der Waals surface area contributed by atoms with Crippen LogP contribution in [-0.2, 0) is 4.79 Å². The maximum atomic E-state index is 11.9. The Kier molecular flexibility index (Phi) is 3.93. The lowest BCUT2D eigenvalue weighted by molar-refractivity contribution is -0.130. The van der Waals surface area contributed by atoms with Crippen molar-refractivity contribution in [1.82, 2.24) is 0 Å². The first kappa shape index (κ1) is 17.6. The van der Waals surface area contributed by atoms with E-state index in [4.69, 9.17) is 11.6 Å². The van der Waals surface area contributed by atoms with Crippen LogP contribution in [0.5, 0.6) is 0 Å². The first-order chi connectivity index (χ1) is 11.7. The number of Topliss-reactive ketones (excluding diaryl/α,β-unsaturated/α-hetero) is 1. The van der Waals surface area contributed by atoms with E-state index in [2.05, 4.69) is 25.1 Å². The molecular weight excluding hydrogens is 336 g/mol. The second kappa shape index (κ2) is 5.59. The average Bonchev–Trinajstić information content (AvgIpc) is 2.81. The lowest BCUT2D eigenvalue weighted by Gasteiger charge is -2.59. The molecule has 25 heavy (non-hydrogen) atoms. The fourth-order valence-corrected chi connectivity index (χ4v) is 6.92. The van der Waals surface area contributed by atoms with Gasteiger partial charge in [-0.3, -0.25) is 4.79 Å². The molecule has 0 aromatic heterocycles. The number of allylic oxidation sites excluding steroid dienone is 1. The van der Waals surface area contributed by atoms with Crippen molar-refractivity contribution in [2.75, 3.05) is 0 Å². The molecule has 0 spiro atoms. The van der Waals surface area contributed by atoms with Gasteiger partial charge in [0.1, 0.15) is 11.4 Å². The van der Waals surface area contributed by atoms with Crippen molar-refractivity contribution < 1.29 is 15.0 Å². The van der Waals surface area contributed by atoms with E-state index in [0.717, 1.165) is 31.3 Å². The highest BCUT2D eigenvalue weighted by Gasteiger charge is 2.65. The molecule has 4 heteroatoms. The lowest BCUT2D eigenvalue weighted by Crippen LogP contribution is -2.57. The highest BCUT2D eigenvalue weighted by molar-refractivity contribution is 6.30. The third kappa shape index (κ3) is 2.24. The number of carbonyl (C=O) groups is 1. The average molecular weight is 363 g/mol. The molecule has 0 saturated heterocycles. The van der Waals surface area contributed by atoms with E-state index >= 15 is 0 Å². The first-order valence-electron chi connectivity index (χ1n) is 9.51. The number of fused-ring (bicyclic) bond motifs is 5.